The minimum Gasteiger partial charge on any atom is -0.325 e. The summed E-state index contributed by atoms with van der Waals surface area (Å²) in [5, 5.41) is 7.28. The maximum atomic E-state index is 5.56. The first kappa shape index (κ1) is 9.17. The molecule has 0 atom stereocenters. The van der Waals surface area contributed by atoms with Crippen molar-refractivity contribution >= 4 is 11.8 Å². The zero-order valence-electron chi connectivity index (χ0n) is 7.34. The molecule has 2 aromatic rings. The Bertz CT molecular complexity index is 400. The highest BCUT2D eigenvalue weighted by Crippen LogP contribution is 2.25. The van der Waals surface area contributed by atoms with E-state index in [2.05, 4.69) is 20.2 Å². The van der Waals surface area contributed by atoms with Gasteiger partial charge in [-0.1, -0.05) is 0 Å². The van der Waals surface area contributed by atoms with Crippen LogP contribution < -0.4 is 5.73 Å². The number of rotatable bonds is 3. The molecule has 0 aliphatic rings. The Kier molecular flexibility index (Phi) is 2.76. The van der Waals surface area contributed by atoms with Gasteiger partial charge in [0.15, 0.2) is 5.16 Å². The van der Waals surface area contributed by atoms with Gasteiger partial charge in [-0.05, 0) is 23.9 Å². The first-order valence-electron chi connectivity index (χ1n) is 4.07. The van der Waals surface area contributed by atoms with Gasteiger partial charge in [0.1, 0.15) is 6.33 Å². The molecular formula is C8H9N5S. The minimum atomic E-state index is 0.428. The van der Waals surface area contributed by atoms with E-state index in [0.29, 0.717) is 6.54 Å². The minimum absolute atomic E-state index is 0.428. The summed E-state index contributed by atoms with van der Waals surface area (Å²) in [4.78, 5) is 9.19. The van der Waals surface area contributed by atoms with Crippen molar-refractivity contribution in [1.82, 2.24) is 20.2 Å². The molecule has 0 aliphatic heterocycles. The molecule has 0 amide bonds. The van der Waals surface area contributed by atoms with E-state index in [0.717, 1.165) is 15.7 Å². The van der Waals surface area contributed by atoms with Crippen molar-refractivity contribution in [2.24, 2.45) is 5.73 Å². The molecular weight excluding hydrogens is 198 g/mol. The zero-order valence-corrected chi connectivity index (χ0v) is 8.16. The van der Waals surface area contributed by atoms with Crippen LogP contribution in [0.1, 0.15) is 5.69 Å². The van der Waals surface area contributed by atoms with Gasteiger partial charge in [-0.25, -0.2) is 4.98 Å². The van der Waals surface area contributed by atoms with E-state index >= 15 is 0 Å². The number of H-pyrrole nitrogens is 1. The van der Waals surface area contributed by atoms with Crippen LogP contribution in [-0.4, -0.2) is 20.2 Å². The average Bonchev–Trinajstić information content (AvgIpc) is 2.71. The first-order valence-corrected chi connectivity index (χ1v) is 4.89. The Hall–Kier alpha value is -1.40. The maximum Gasteiger partial charge on any atom is 0.188 e. The van der Waals surface area contributed by atoms with Gasteiger partial charge in [-0.3, -0.25) is 10.1 Å². The molecule has 0 aromatic carbocycles. The molecule has 2 aromatic heterocycles. The molecule has 0 unspecified atom stereocenters. The summed E-state index contributed by atoms with van der Waals surface area (Å²) in [7, 11) is 0. The van der Waals surface area contributed by atoms with Crippen molar-refractivity contribution in [2.45, 2.75) is 16.6 Å². The number of aromatic amines is 1. The van der Waals surface area contributed by atoms with Gasteiger partial charge >= 0.3 is 0 Å². The lowest BCUT2D eigenvalue weighted by molar-refractivity contribution is 0.933. The number of nitrogens with zero attached hydrogens (tertiary/aromatic N) is 3. The summed E-state index contributed by atoms with van der Waals surface area (Å²) in [6, 6.07) is 3.83. The highest BCUT2D eigenvalue weighted by molar-refractivity contribution is 7.99. The lowest BCUT2D eigenvalue weighted by Crippen LogP contribution is -2.00. The van der Waals surface area contributed by atoms with E-state index < -0.39 is 0 Å². The number of nitrogens with one attached hydrogen (secondary N) is 1. The van der Waals surface area contributed by atoms with Crippen LogP contribution in [0.5, 0.6) is 0 Å². The van der Waals surface area contributed by atoms with E-state index in [1.165, 1.54) is 18.1 Å². The van der Waals surface area contributed by atoms with Crippen molar-refractivity contribution in [3.8, 4) is 0 Å². The maximum absolute atomic E-state index is 5.56. The van der Waals surface area contributed by atoms with E-state index in [1.807, 2.05) is 12.1 Å². The number of nitrogens with two attached hydrogens (primary N) is 1. The fraction of sp³-hybridized carbons (Fsp3) is 0.125. The topological polar surface area (TPSA) is 80.5 Å². The molecule has 0 bridgehead atoms. The van der Waals surface area contributed by atoms with Crippen molar-refractivity contribution in [2.75, 3.05) is 0 Å². The molecule has 14 heavy (non-hydrogen) atoms. The standard InChI is InChI=1S/C8H9N5S/c9-4-6-7(2-1-3-10-6)14-8-11-5-12-13-8/h1-3,5H,4,9H2,(H,11,12,13). The van der Waals surface area contributed by atoms with Crippen molar-refractivity contribution in [1.29, 1.82) is 0 Å². The zero-order chi connectivity index (χ0) is 9.80. The van der Waals surface area contributed by atoms with Crippen LogP contribution in [0.2, 0.25) is 0 Å². The van der Waals surface area contributed by atoms with Crippen LogP contribution in [0.4, 0.5) is 0 Å². The molecule has 0 fully saturated rings. The van der Waals surface area contributed by atoms with Crippen LogP contribution in [0.15, 0.2) is 34.7 Å². The number of aromatic nitrogens is 4. The summed E-state index contributed by atoms with van der Waals surface area (Å²) in [5.74, 6) is 0. The predicted molar refractivity (Wildman–Crippen MR) is 52.6 cm³/mol. The molecule has 2 rings (SSSR count). The highest BCUT2D eigenvalue weighted by atomic mass is 32.2. The van der Waals surface area contributed by atoms with E-state index in [4.69, 9.17) is 5.73 Å². The second-order valence-corrected chi connectivity index (χ2v) is 3.58. The van der Waals surface area contributed by atoms with Gasteiger partial charge in [0.2, 0.25) is 0 Å². The van der Waals surface area contributed by atoms with E-state index in [9.17, 15) is 0 Å². The second-order valence-electron chi connectivity index (χ2n) is 2.55. The normalized spacial score (nSPS) is 10.4. The SMILES string of the molecule is NCc1ncccc1Sc1ncn[nH]1. The van der Waals surface area contributed by atoms with Crippen LogP contribution >= 0.6 is 11.8 Å². The third-order valence-electron chi connectivity index (χ3n) is 1.64. The van der Waals surface area contributed by atoms with Gasteiger partial charge < -0.3 is 5.73 Å². The summed E-state index contributed by atoms with van der Waals surface area (Å²) in [6.07, 6.45) is 3.20. The lowest BCUT2D eigenvalue weighted by atomic mass is 10.3. The third kappa shape index (κ3) is 1.91. The predicted octanol–water partition coefficient (Wildman–Crippen LogP) is 0.810. The van der Waals surface area contributed by atoms with Gasteiger partial charge in [0.05, 0.1) is 5.69 Å². The van der Waals surface area contributed by atoms with E-state index in [1.54, 1.807) is 6.20 Å². The fourth-order valence-electron chi connectivity index (χ4n) is 1.02. The van der Waals surface area contributed by atoms with E-state index in [-0.39, 0.29) is 0 Å². The van der Waals surface area contributed by atoms with Gasteiger partial charge in [0, 0.05) is 17.6 Å². The van der Waals surface area contributed by atoms with Gasteiger partial charge in [0.25, 0.3) is 0 Å². The Morgan fingerprint density at radius 1 is 1.43 bits per heavy atom. The monoisotopic (exact) mass is 207 g/mol. The highest BCUT2D eigenvalue weighted by Gasteiger charge is 2.04. The van der Waals surface area contributed by atoms with Crippen molar-refractivity contribution in [3.63, 3.8) is 0 Å². The molecule has 3 N–H and O–H groups in total. The number of hydrogen-bond acceptors (Lipinski definition) is 5. The van der Waals surface area contributed by atoms with Gasteiger partial charge in [-0.15, -0.1) is 0 Å². The molecule has 2 heterocycles. The quantitative estimate of drug-likeness (QED) is 0.778. The van der Waals surface area contributed by atoms with Gasteiger partial charge in [-0.2, -0.15) is 5.10 Å². The van der Waals surface area contributed by atoms with Crippen LogP contribution in [-0.2, 0) is 6.54 Å². The first-order chi connectivity index (χ1) is 6.90. The molecule has 0 saturated heterocycles. The molecule has 6 heteroatoms. The van der Waals surface area contributed by atoms with Crippen LogP contribution in [0.25, 0.3) is 0 Å². The molecule has 72 valence electrons. The smallest absolute Gasteiger partial charge is 0.188 e. The molecule has 5 nitrogen and oxygen atoms in total. The Morgan fingerprint density at radius 3 is 3.07 bits per heavy atom. The summed E-state index contributed by atoms with van der Waals surface area (Å²) in [5.41, 5.74) is 6.43. The Morgan fingerprint density at radius 2 is 2.36 bits per heavy atom. The summed E-state index contributed by atoms with van der Waals surface area (Å²) >= 11 is 1.47. The fourth-order valence-corrected chi connectivity index (χ4v) is 1.82. The summed E-state index contributed by atoms with van der Waals surface area (Å²) in [6.45, 7) is 0.428. The largest absolute Gasteiger partial charge is 0.325 e. The third-order valence-corrected chi connectivity index (χ3v) is 2.62. The number of hydrogen-bond donors (Lipinski definition) is 2. The van der Waals surface area contributed by atoms with Crippen LogP contribution in [0.3, 0.4) is 0 Å². The average molecular weight is 207 g/mol. The number of pyridine rings is 1. The van der Waals surface area contributed by atoms with Crippen LogP contribution in [0, 0.1) is 0 Å². The molecule has 0 spiro atoms. The molecule has 0 saturated carbocycles. The lowest BCUT2D eigenvalue weighted by Gasteiger charge is -2.02. The second kappa shape index (κ2) is 4.21. The summed E-state index contributed by atoms with van der Waals surface area (Å²) < 4.78 is 0. The van der Waals surface area contributed by atoms with Crippen molar-refractivity contribution < 1.29 is 0 Å². The Balaban J connectivity index is 2.24. The Labute approximate surface area is 85.2 Å². The molecule has 0 aliphatic carbocycles. The van der Waals surface area contributed by atoms with Crippen molar-refractivity contribution in [3.05, 3.63) is 30.4 Å². The molecule has 0 radical (unpaired) electrons.